The van der Waals surface area contributed by atoms with E-state index in [0.717, 1.165) is 24.8 Å². The monoisotopic (exact) mass is 576 g/mol. The van der Waals surface area contributed by atoms with Gasteiger partial charge in [-0.25, -0.2) is 0 Å². The number of carbonyl (C=O) groups is 1. The summed E-state index contributed by atoms with van der Waals surface area (Å²) in [5.41, 5.74) is 0.940. The number of hydrogen-bond donors (Lipinski definition) is 1. The fraction of sp³-hybridized carbons (Fsp3) is 0.720. The molecule has 1 rings (SSSR count). The van der Waals surface area contributed by atoms with Gasteiger partial charge in [-0.15, -0.1) is 0 Å². The van der Waals surface area contributed by atoms with E-state index < -0.39 is 5.97 Å². The van der Waals surface area contributed by atoms with Crippen LogP contribution in [0.25, 0.3) is 0 Å². The first-order chi connectivity index (χ1) is 13.3. The molecule has 0 bridgehead atoms. The second kappa shape index (κ2) is 19.9. The van der Waals surface area contributed by atoms with Gasteiger partial charge in [0.25, 0.3) is 0 Å². The Balaban J connectivity index is 0.00000729. The molecule has 0 saturated carbocycles. The summed E-state index contributed by atoms with van der Waals surface area (Å²) in [7, 11) is 0. The molecule has 0 aromatic heterocycles. The van der Waals surface area contributed by atoms with Crippen molar-refractivity contribution in [3.63, 3.8) is 0 Å². The molecule has 3 heteroatoms. The van der Waals surface area contributed by atoms with Gasteiger partial charge in [0.1, 0.15) is 0 Å². The minimum Gasteiger partial charge on any atom is -0.481 e. The molecule has 156 valence electrons. The Morgan fingerprint density at radius 2 is 1.11 bits per heavy atom. The van der Waals surface area contributed by atoms with Crippen molar-refractivity contribution in [1.82, 2.24) is 0 Å². The first-order valence-corrected chi connectivity index (χ1v) is 11.5. The Hall–Kier alpha value is -0.375. The van der Waals surface area contributed by atoms with Crippen LogP contribution in [0.4, 0.5) is 0 Å². The summed E-state index contributed by atoms with van der Waals surface area (Å²) in [4.78, 5) is 11.5. The summed E-state index contributed by atoms with van der Waals surface area (Å²) in [6.07, 6.45) is 20.9. The quantitative estimate of drug-likeness (QED) is 0.142. The first-order valence-electron chi connectivity index (χ1n) is 11.5. The molecule has 0 amide bonds. The van der Waals surface area contributed by atoms with Crippen LogP contribution >= 0.6 is 0 Å². The molecular formula is C25H42HgO2. The number of benzene rings is 1. The van der Waals surface area contributed by atoms with Gasteiger partial charge in [-0.1, -0.05) is 134 Å². The Kier molecular flexibility index (Phi) is 19.7. The third kappa shape index (κ3) is 14.6. The summed E-state index contributed by atoms with van der Waals surface area (Å²) in [6, 6.07) is 9.67. The van der Waals surface area contributed by atoms with Gasteiger partial charge in [0.05, 0.1) is 5.92 Å². The number of aliphatic carboxylic acids is 1. The van der Waals surface area contributed by atoms with E-state index in [1.807, 2.05) is 30.3 Å². The van der Waals surface area contributed by atoms with Gasteiger partial charge < -0.3 is 5.11 Å². The third-order valence-corrected chi connectivity index (χ3v) is 5.60. The molecule has 28 heavy (non-hydrogen) atoms. The molecule has 0 fully saturated rings. The van der Waals surface area contributed by atoms with Crippen LogP contribution in [-0.4, -0.2) is 11.1 Å². The fourth-order valence-corrected chi connectivity index (χ4v) is 3.84. The number of hydrogen-bond acceptors (Lipinski definition) is 1. The minimum absolute atomic E-state index is 0. The minimum atomic E-state index is -0.688. The average Bonchev–Trinajstić information content (AvgIpc) is 2.68. The molecule has 1 atom stereocenters. The summed E-state index contributed by atoms with van der Waals surface area (Å²) >= 11 is 0. The van der Waals surface area contributed by atoms with E-state index >= 15 is 0 Å². The van der Waals surface area contributed by atoms with Crippen molar-refractivity contribution in [2.75, 3.05) is 0 Å². The average molecular weight is 575 g/mol. The molecule has 0 aliphatic rings. The maximum Gasteiger partial charge on any atom is 0.310 e. The van der Waals surface area contributed by atoms with E-state index in [1.165, 1.54) is 83.5 Å². The van der Waals surface area contributed by atoms with Crippen LogP contribution in [0.2, 0.25) is 0 Å². The standard InChI is InChI=1S/C25H42O2.Hg/c1-2-3-4-5-6-7-8-9-10-11-12-13-14-15-19-22-24(25(26)27)23-20-17-16-18-21-23;/h16-18,20-21,24H,2-15,19,22H2,1H3,(H,26,27);. The molecule has 0 radical (unpaired) electrons. The topological polar surface area (TPSA) is 37.3 Å². The van der Waals surface area contributed by atoms with E-state index in [1.54, 1.807) is 0 Å². The second-order valence-electron chi connectivity index (χ2n) is 8.04. The number of rotatable bonds is 18. The van der Waals surface area contributed by atoms with Crippen LogP contribution in [0, 0.1) is 0 Å². The van der Waals surface area contributed by atoms with Crippen LogP contribution in [0.1, 0.15) is 121 Å². The molecular weight excluding hydrogens is 533 g/mol. The molecule has 0 aliphatic carbocycles. The Morgan fingerprint density at radius 3 is 1.50 bits per heavy atom. The molecule has 1 unspecified atom stereocenters. The van der Waals surface area contributed by atoms with Crippen molar-refractivity contribution in [3.8, 4) is 0 Å². The van der Waals surface area contributed by atoms with Gasteiger partial charge >= 0.3 is 5.97 Å². The fourth-order valence-electron chi connectivity index (χ4n) is 3.84. The predicted octanol–water partition coefficient (Wildman–Crippen LogP) is 8.11. The van der Waals surface area contributed by atoms with Crippen molar-refractivity contribution in [2.45, 2.75) is 116 Å². The van der Waals surface area contributed by atoms with Gasteiger partial charge in [0.2, 0.25) is 0 Å². The van der Waals surface area contributed by atoms with E-state index in [0.29, 0.717) is 0 Å². The predicted molar refractivity (Wildman–Crippen MR) is 116 cm³/mol. The van der Waals surface area contributed by atoms with Gasteiger partial charge in [-0.3, -0.25) is 4.79 Å². The third-order valence-electron chi connectivity index (χ3n) is 5.60. The zero-order valence-corrected chi connectivity index (χ0v) is 23.8. The maximum atomic E-state index is 11.5. The first kappa shape index (κ1) is 27.6. The number of carboxylic acids is 1. The summed E-state index contributed by atoms with van der Waals surface area (Å²) < 4.78 is 0. The largest absolute Gasteiger partial charge is 0.481 e. The van der Waals surface area contributed by atoms with E-state index in [4.69, 9.17) is 0 Å². The van der Waals surface area contributed by atoms with Crippen molar-refractivity contribution < 1.29 is 37.6 Å². The summed E-state index contributed by atoms with van der Waals surface area (Å²) in [5.74, 6) is -1.03. The molecule has 2 nitrogen and oxygen atoms in total. The zero-order valence-electron chi connectivity index (χ0n) is 18.3. The second-order valence-corrected chi connectivity index (χ2v) is 8.04. The smallest absolute Gasteiger partial charge is 0.310 e. The Bertz CT molecular complexity index is 461. The summed E-state index contributed by atoms with van der Waals surface area (Å²) in [5, 5.41) is 9.44. The van der Waals surface area contributed by atoms with Gasteiger partial charge in [-0.05, 0) is 12.0 Å². The molecule has 0 aliphatic heterocycles. The Labute approximate surface area is 194 Å². The van der Waals surface area contributed by atoms with E-state index in [2.05, 4.69) is 6.92 Å². The molecule has 0 spiro atoms. The van der Waals surface area contributed by atoms with Crippen molar-refractivity contribution in [2.24, 2.45) is 0 Å². The Morgan fingerprint density at radius 1 is 0.714 bits per heavy atom. The van der Waals surface area contributed by atoms with E-state index in [-0.39, 0.29) is 33.6 Å². The van der Waals surface area contributed by atoms with Gasteiger partial charge in [0, 0.05) is 27.7 Å². The zero-order chi connectivity index (χ0) is 19.6. The summed E-state index contributed by atoms with van der Waals surface area (Å²) in [6.45, 7) is 2.28. The van der Waals surface area contributed by atoms with Crippen molar-refractivity contribution >= 4 is 5.97 Å². The van der Waals surface area contributed by atoms with Crippen LogP contribution < -0.4 is 0 Å². The molecule has 0 saturated heterocycles. The van der Waals surface area contributed by atoms with Gasteiger partial charge in [0.15, 0.2) is 0 Å². The SMILES string of the molecule is CCCCCCCCCCCCCCCCCC(C(=O)O)c1ccccc1.[Hg]. The van der Waals surface area contributed by atoms with Crippen LogP contribution in [0.3, 0.4) is 0 Å². The normalized spacial score (nSPS) is 11.8. The maximum absolute atomic E-state index is 11.5. The molecule has 1 N–H and O–H groups in total. The van der Waals surface area contributed by atoms with Crippen LogP contribution in [0.5, 0.6) is 0 Å². The molecule has 1 aromatic rings. The molecule has 1 aromatic carbocycles. The van der Waals surface area contributed by atoms with Crippen LogP contribution in [-0.2, 0) is 32.5 Å². The van der Waals surface area contributed by atoms with Gasteiger partial charge in [-0.2, -0.15) is 0 Å². The number of carboxylic acid groups (broad SMARTS) is 1. The van der Waals surface area contributed by atoms with Crippen molar-refractivity contribution in [1.29, 1.82) is 0 Å². The van der Waals surface area contributed by atoms with E-state index in [9.17, 15) is 9.90 Å². The van der Waals surface area contributed by atoms with Crippen molar-refractivity contribution in [3.05, 3.63) is 35.9 Å². The van der Waals surface area contributed by atoms with Crippen LogP contribution in [0.15, 0.2) is 30.3 Å². The molecule has 0 heterocycles. The number of unbranched alkanes of at least 4 members (excludes halogenated alkanes) is 14.